The van der Waals surface area contributed by atoms with Gasteiger partial charge in [0.1, 0.15) is 0 Å². The van der Waals surface area contributed by atoms with Gasteiger partial charge in [-0.05, 0) is 41.9 Å². The number of hydrogen-bond donors (Lipinski definition) is 3. The van der Waals surface area contributed by atoms with Gasteiger partial charge >= 0.3 is 0 Å². The van der Waals surface area contributed by atoms with Crippen molar-refractivity contribution in [3.05, 3.63) is 22.4 Å². The molecule has 1 aromatic heterocycles. The highest BCUT2D eigenvalue weighted by atomic mass is 32.1. The van der Waals surface area contributed by atoms with Gasteiger partial charge in [-0.1, -0.05) is 32.8 Å². The number of hydrogen-bond acceptors (Lipinski definition) is 4. The molecule has 132 valence electrons. The first-order valence-electron chi connectivity index (χ1n) is 8.39. The van der Waals surface area contributed by atoms with Crippen molar-refractivity contribution in [2.45, 2.75) is 52.0 Å². The van der Waals surface area contributed by atoms with Gasteiger partial charge in [0.2, 0.25) is 5.91 Å². The molecule has 3 N–H and O–H groups in total. The number of amides is 1. The number of thiocarbonyl (C=S) groups is 1. The number of rotatable bonds is 5. The van der Waals surface area contributed by atoms with E-state index < -0.39 is 0 Å². The van der Waals surface area contributed by atoms with Gasteiger partial charge in [0.15, 0.2) is 10.9 Å². The number of hydrazine groups is 1. The maximum atomic E-state index is 11.8. The molecule has 0 aromatic carbocycles. The fourth-order valence-electron chi connectivity index (χ4n) is 2.97. The third kappa shape index (κ3) is 5.56. The molecular formula is C17H25N3O2S2. The third-order valence-corrected chi connectivity index (χ3v) is 5.84. The van der Waals surface area contributed by atoms with Crippen molar-refractivity contribution in [1.29, 1.82) is 0 Å². The number of thiophene rings is 1. The number of Topliss-reactive ketones (excluding diaryl/α,β-unsaturated/α-hetero) is 1. The Morgan fingerprint density at radius 1 is 1.25 bits per heavy atom. The Bertz CT molecular complexity index is 574. The van der Waals surface area contributed by atoms with Crippen LogP contribution in [-0.4, -0.2) is 22.8 Å². The van der Waals surface area contributed by atoms with Crippen LogP contribution in [0.1, 0.15) is 55.6 Å². The molecule has 7 heteroatoms. The first-order valence-corrected chi connectivity index (χ1v) is 9.68. The lowest BCUT2D eigenvalue weighted by Gasteiger charge is -2.35. The van der Waals surface area contributed by atoms with E-state index in [0.29, 0.717) is 27.9 Å². The van der Waals surface area contributed by atoms with E-state index in [1.807, 2.05) is 11.4 Å². The quantitative estimate of drug-likeness (QED) is 0.424. The molecule has 0 bridgehead atoms. The minimum atomic E-state index is -0.242. The lowest BCUT2D eigenvalue weighted by Crippen LogP contribution is -2.52. The van der Waals surface area contributed by atoms with Gasteiger partial charge in [0.25, 0.3) is 0 Å². The van der Waals surface area contributed by atoms with Crippen molar-refractivity contribution in [3.8, 4) is 0 Å². The second kappa shape index (κ2) is 9.13. The summed E-state index contributed by atoms with van der Waals surface area (Å²) in [5, 5.41) is 5.56. The summed E-state index contributed by atoms with van der Waals surface area (Å²) in [7, 11) is 0. The zero-order valence-electron chi connectivity index (χ0n) is 14.1. The minimum Gasteiger partial charge on any atom is -0.358 e. The molecule has 1 aliphatic rings. The molecule has 0 radical (unpaired) electrons. The summed E-state index contributed by atoms with van der Waals surface area (Å²) in [4.78, 5) is 24.4. The van der Waals surface area contributed by atoms with E-state index in [-0.39, 0.29) is 24.5 Å². The normalized spacial score (nSPS) is 23.3. The molecule has 1 amide bonds. The maximum Gasteiger partial charge on any atom is 0.238 e. The fourth-order valence-corrected chi connectivity index (χ4v) is 3.86. The molecule has 5 nitrogen and oxygen atoms in total. The van der Waals surface area contributed by atoms with Crippen LogP contribution in [-0.2, 0) is 4.79 Å². The van der Waals surface area contributed by atoms with Crippen LogP contribution in [0.5, 0.6) is 0 Å². The van der Waals surface area contributed by atoms with Crippen LogP contribution in [0.3, 0.4) is 0 Å². The predicted octanol–water partition coefficient (Wildman–Crippen LogP) is 3.03. The highest BCUT2D eigenvalue weighted by molar-refractivity contribution is 7.80. The zero-order chi connectivity index (χ0) is 17.5. The Balaban J connectivity index is 1.66. The van der Waals surface area contributed by atoms with E-state index in [4.69, 9.17) is 12.2 Å². The summed E-state index contributed by atoms with van der Waals surface area (Å²) in [5.41, 5.74) is 5.29. The largest absolute Gasteiger partial charge is 0.358 e. The van der Waals surface area contributed by atoms with Crippen LogP contribution >= 0.6 is 23.6 Å². The smallest absolute Gasteiger partial charge is 0.238 e. The van der Waals surface area contributed by atoms with Crippen LogP contribution in [0.25, 0.3) is 0 Å². The molecule has 0 saturated heterocycles. The Labute approximate surface area is 152 Å². The van der Waals surface area contributed by atoms with Crippen molar-refractivity contribution in [1.82, 2.24) is 16.2 Å². The van der Waals surface area contributed by atoms with Gasteiger partial charge < -0.3 is 5.32 Å². The van der Waals surface area contributed by atoms with Crippen molar-refractivity contribution in [2.24, 2.45) is 11.8 Å². The first kappa shape index (κ1) is 18.9. The van der Waals surface area contributed by atoms with Gasteiger partial charge in [-0.3, -0.25) is 20.4 Å². The highest BCUT2D eigenvalue weighted by Crippen LogP contribution is 2.29. The van der Waals surface area contributed by atoms with Crippen molar-refractivity contribution >= 4 is 40.4 Å². The van der Waals surface area contributed by atoms with E-state index in [0.717, 1.165) is 6.42 Å². The monoisotopic (exact) mass is 367 g/mol. The predicted molar refractivity (Wildman–Crippen MR) is 101 cm³/mol. The van der Waals surface area contributed by atoms with E-state index in [9.17, 15) is 9.59 Å². The van der Waals surface area contributed by atoms with Gasteiger partial charge in [-0.15, -0.1) is 11.3 Å². The van der Waals surface area contributed by atoms with Crippen LogP contribution in [0.2, 0.25) is 0 Å². The Morgan fingerprint density at radius 2 is 2.04 bits per heavy atom. The van der Waals surface area contributed by atoms with Gasteiger partial charge in [0, 0.05) is 18.9 Å². The lowest BCUT2D eigenvalue weighted by atomic mass is 9.78. The molecule has 1 saturated carbocycles. The van der Waals surface area contributed by atoms with E-state index in [1.54, 1.807) is 6.07 Å². The number of carbonyl (C=O) groups is 2. The number of nitrogens with one attached hydrogen (secondary N) is 3. The average Bonchev–Trinajstić information content (AvgIpc) is 3.09. The molecule has 3 atom stereocenters. The summed E-state index contributed by atoms with van der Waals surface area (Å²) >= 11 is 6.64. The van der Waals surface area contributed by atoms with E-state index in [1.165, 1.54) is 24.2 Å². The van der Waals surface area contributed by atoms with Gasteiger partial charge in [-0.25, -0.2) is 0 Å². The summed E-state index contributed by atoms with van der Waals surface area (Å²) in [6.07, 6.45) is 3.89. The van der Waals surface area contributed by atoms with Crippen molar-refractivity contribution in [2.75, 3.05) is 0 Å². The standard InChI is InChI=1S/C17H25N3O2S2/c1-11-5-3-6-13(12(11)2)18-17(23)20-19-16(22)9-8-14(21)15-7-4-10-24-15/h4,7,10-13H,3,5-6,8-9H2,1-2H3,(H,19,22)(H2,18,20,23)/t11-,12-,13-/m1/s1. The van der Waals surface area contributed by atoms with Crippen LogP contribution in [0.4, 0.5) is 0 Å². The highest BCUT2D eigenvalue weighted by Gasteiger charge is 2.27. The van der Waals surface area contributed by atoms with Crippen molar-refractivity contribution in [3.63, 3.8) is 0 Å². The Kier molecular flexibility index (Phi) is 7.17. The topological polar surface area (TPSA) is 70.2 Å². The molecule has 0 aliphatic heterocycles. The molecule has 1 heterocycles. The second-order valence-corrected chi connectivity index (χ2v) is 7.78. The third-order valence-electron chi connectivity index (χ3n) is 4.71. The number of ketones is 1. The molecule has 2 rings (SSSR count). The Morgan fingerprint density at radius 3 is 2.75 bits per heavy atom. The van der Waals surface area contributed by atoms with Gasteiger partial charge in [-0.2, -0.15) is 0 Å². The number of carbonyl (C=O) groups excluding carboxylic acids is 2. The second-order valence-electron chi connectivity index (χ2n) is 6.42. The average molecular weight is 368 g/mol. The van der Waals surface area contributed by atoms with Crippen LogP contribution in [0, 0.1) is 11.8 Å². The summed E-state index contributed by atoms with van der Waals surface area (Å²) < 4.78 is 0. The van der Waals surface area contributed by atoms with Gasteiger partial charge in [0.05, 0.1) is 4.88 Å². The van der Waals surface area contributed by atoms with Crippen LogP contribution < -0.4 is 16.2 Å². The lowest BCUT2D eigenvalue weighted by molar-refractivity contribution is -0.121. The van der Waals surface area contributed by atoms with Crippen LogP contribution in [0.15, 0.2) is 17.5 Å². The molecule has 24 heavy (non-hydrogen) atoms. The summed E-state index contributed by atoms with van der Waals surface area (Å²) in [5.74, 6) is 0.981. The molecule has 0 unspecified atom stereocenters. The van der Waals surface area contributed by atoms with E-state index >= 15 is 0 Å². The molecule has 1 fully saturated rings. The molecule has 1 aromatic rings. The van der Waals surface area contributed by atoms with E-state index in [2.05, 4.69) is 30.0 Å². The summed E-state index contributed by atoms with van der Waals surface area (Å²) in [6, 6.07) is 3.94. The zero-order valence-corrected chi connectivity index (χ0v) is 15.8. The Hall–Kier alpha value is -1.47. The molecule has 1 aliphatic carbocycles. The SMILES string of the molecule is C[C@@H]1[C@H](C)CCC[C@H]1NC(=S)NNC(=O)CCC(=O)c1cccs1. The molecular weight excluding hydrogens is 342 g/mol. The molecule has 0 spiro atoms. The van der Waals surface area contributed by atoms with Crippen molar-refractivity contribution < 1.29 is 9.59 Å². The first-order chi connectivity index (χ1) is 11.5. The fraction of sp³-hybridized carbons (Fsp3) is 0.588. The summed E-state index contributed by atoms with van der Waals surface area (Å²) in [6.45, 7) is 4.50. The maximum absolute atomic E-state index is 11.8. The minimum absolute atomic E-state index is 0.00845.